The highest BCUT2D eigenvalue weighted by Crippen LogP contribution is 2.26. The lowest BCUT2D eigenvalue weighted by atomic mass is 10.2. The Balaban J connectivity index is 2.51. The Kier molecular flexibility index (Phi) is 3.13. The van der Waals surface area contributed by atoms with Gasteiger partial charge in [0.25, 0.3) is 0 Å². The minimum absolute atomic E-state index is 0.0983. The Labute approximate surface area is 109 Å². The van der Waals surface area contributed by atoms with E-state index in [9.17, 15) is 14.0 Å². The zero-order valence-corrected chi connectivity index (χ0v) is 10.8. The molecule has 1 fully saturated rings. The van der Waals surface area contributed by atoms with Crippen LogP contribution in [0.2, 0.25) is 0 Å². The van der Waals surface area contributed by atoms with Crippen LogP contribution in [0.4, 0.5) is 10.1 Å². The van der Waals surface area contributed by atoms with Crippen molar-refractivity contribution in [2.24, 2.45) is 0 Å². The molecule has 0 atom stereocenters. The van der Waals surface area contributed by atoms with E-state index >= 15 is 0 Å². The van der Waals surface area contributed by atoms with Crippen LogP contribution in [0.25, 0.3) is 0 Å². The van der Waals surface area contributed by atoms with Crippen LogP contribution in [0.5, 0.6) is 0 Å². The summed E-state index contributed by atoms with van der Waals surface area (Å²) < 4.78 is 13.3. The van der Waals surface area contributed by atoms with Gasteiger partial charge in [0.2, 0.25) is 0 Å². The summed E-state index contributed by atoms with van der Waals surface area (Å²) in [6, 6.07) is 4.04. The number of thiocarbonyl (C=S) groups is 1. The van der Waals surface area contributed by atoms with Gasteiger partial charge in [-0.2, -0.15) is 0 Å². The zero-order chi connectivity index (χ0) is 13.4. The van der Waals surface area contributed by atoms with Crippen LogP contribution in [0.3, 0.4) is 0 Å². The van der Waals surface area contributed by atoms with E-state index in [0.717, 1.165) is 4.90 Å². The first-order chi connectivity index (χ1) is 8.47. The molecular weight excluding hydrogens is 255 g/mol. The molecule has 0 aromatic heterocycles. The average Bonchev–Trinajstić information content (AvgIpc) is 2.54. The lowest BCUT2D eigenvalue weighted by Crippen LogP contribution is -2.33. The Morgan fingerprint density at radius 3 is 2.50 bits per heavy atom. The second kappa shape index (κ2) is 4.45. The highest BCUT2D eigenvalue weighted by atomic mass is 32.1. The predicted molar refractivity (Wildman–Crippen MR) is 68.6 cm³/mol. The molecule has 2 amide bonds. The van der Waals surface area contributed by atoms with Crippen molar-refractivity contribution in [3.63, 3.8) is 0 Å². The van der Waals surface area contributed by atoms with Gasteiger partial charge in [-0.15, -0.1) is 0 Å². The molecule has 18 heavy (non-hydrogen) atoms. The second-order valence-corrected chi connectivity index (χ2v) is 4.27. The number of halogens is 1. The average molecular weight is 266 g/mol. The molecule has 0 saturated carbocycles. The molecule has 0 bridgehead atoms. The summed E-state index contributed by atoms with van der Waals surface area (Å²) in [5.74, 6) is -1.89. The van der Waals surface area contributed by atoms with Crippen molar-refractivity contribution in [2.75, 3.05) is 11.4 Å². The van der Waals surface area contributed by atoms with Crippen molar-refractivity contribution < 1.29 is 14.0 Å². The lowest BCUT2D eigenvalue weighted by molar-refractivity contribution is -0.139. The van der Waals surface area contributed by atoms with E-state index in [1.165, 1.54) is 17.0 Å². The van der Waals surface area contributed by atoms with E-state index in [1.54, 1.807) is 19.9 Å². The molecule has 1 aromatic rings. The van der Waals surface area contributed by atoms with Crippen molar-refractivity contribution in [3.05, 3.63) is 29.6 Å². The second-order valence-electron chi connectivity index (χ2n) is 3.90. The number of anilines is 1. The summed E-state index contributed by atoms with van der Waals surface area (Å²) in [6.45, 7) is 3.76. The largest absolute Gasteiger partial charge is 0.323 e. The number of aryl methyl sites for hydroxylation is 1. The molecule has 0 radical (unpaired) electrons. The molecule has 1 aliphatic rings. The highest BCUT2D eigenvalue weighted by Gasteiger charge is 2.42. The smallest absolute Gasteiger partial charge is 0.280 e. The number of rotatable bonds is 2. The molecule has 2 rings (SSSR count). The number of likely N-dealkylation sites (N-methyl/N-ethyl adjacent to an activating group) is 1. The van der Waals surface area contributed by atoms with E-state index in [-0.39, 0.29) is 5.11 Å². The maximum Gasteiger partial charge on any atom is 0.323 e. The van der Waals surface area contributed by atoms with Gasteiger partial charge in [0, 0.05) is 6.54 Å². The fraction of sp³-hybridized carbons (Fsp3) is 0.250. The number of benzene rings is 1. The van der Waals surface area contributed by atoms with Crippen LogP contribution in [-0.2, 0) is 9.59 Å². The normalized spacial score (nSPS) is 15.8. The number of hydrogen-bond acceptors (Lipinski definition) is 3. The molecule has 0 aliphatic carbocycles. The van der Waals surface area contributed by atoms with Crippen LogP contribution in [0, 0.1) is 12.7 Å². The Hall–Kier alpha value is -1.82. The molecule has 1 saturated heterocycles. The molecule has 4 nitrogen and oxygen atoms in total. The van der Waals surface area contributed by atoms with Crippen molar-refractivity contribution in [2.45, 2.75) is 13.8 Å². The Morgan fingerprint density at radius 1 is 1.28 bits per heavy atom. The van der Waals surface area contributed by atoms with Gasteiger partial charge in [-0.05, 0) is 43.8 Å². The van der Waals surface area contributed by atoms with Crippen LogP contribution < -0.4 is 4.90 Å². The highest BCUT2D eigenvalue weighted by molar-refractivity contribution is 7.80. The van der Waals surface area contributed by atoms with Crippen LogP contribution >= 0.6 is 12.2 Å². The summed E-state index contributed by atoms with van der Waals surface area (Å²) >= 11 is 5.09. The molecule has 1 aliphatic heterocycles. The van der Waals surface area contributed by atoms with E-state index < -0.39 is 17.6 Å². The van der Waals surface area contributed by atoms with Crippen molar-refractivity contribution in [1.29, 1.82) is 0 Å². The maximum atomic E-state index is 13.3. The predicted octanol–water partition coefficient (Wildman–Crippen LogP) is 1.61. The molecule has 0 N–H and O–H groups in total. The fourth-order valence-electron chi connectivity index (χ4n) is 1.82. The minimum atomic E-state index is -0.740. The first-order valence-corrected chi connectivity index (χ1v) is 5.84. The third-order valence-corrected chi connectivity index (χ3v) is 3.18. The summed E-state index contributed by atoms with van der Waals surface area (Å²) in [6.07, 6.45) is 0. The van der Waals surface area contributed by atoms with Crippen LogP contribution in [0.15, 0.2) is 18.2 Å². The topological polar surface area (TPSA) is 40.6 Å². The number of carbonyl (C=O) groups excluding carboxylic acids is 2. The van der Waals surface area contributed by atoms with Gasteiger partial charge >= 0.3 is 11.8 Å². The van der Waals surface area contributed by atoms with Gasteiger partial charge in [0.1, 0.15) is 5.82 Å². The SMILES string of the molecule is CCN1C(=O)C(=O)N(c2cc(F)ccc2C)C1=S. The zero-order valence-electron chi connectivity index (χ0n) is 9.94. The van der Waals surface area contributed by atoms with Gasteiger partial charge in [-0.25, -0.2) is 9.29 Å². The minimum Gasteiger partial charge on any atom is -0.280 e. The maximum absolute atomic E-state index is 13.3. The first-order valence-electron chi connectivity index (χ1n) is 5.43. The summed E-state index contributed by atoms with van der Waals surface area (Å²) in [5.41, 5.74) is 0.993. The molecule has 94 valence electrons. The molecule has 0 spiro atoms. The molecule has 6 heteroatoms. The molecule has 0 unspecified atom stereocenters. The molecule has 1 heterocycles. The van der Waals surface area contributed by atoms with Crippen molar-refractivity contribution >= 4 is 34.8 Å². The first kappa shape index (κ1) is 12.6. The summed E-state index contributed by atoms with van der Waals surface area (Å²) in [5, 5.41) is 0.0983. The Bertz CT molecular complexity index is 559. The third-order valence-electron chi connectivity index (χ3n) is 2.78. The van der Waals surface area contributed by atoms with Crippen LogP contribution in [-0.4, -0.2) is 28.4 Å². The van der Waals surface area contributed by atoms with E-state index in [1.807, 2.05) is 0 Å². The number of nitrogens with zero attached hydrogens (tertiary/aromatic N) is 2. The van der Waals surface area contributed by atoms with Crippen molar-refractivity contribution in [1.82, 2.24) is 4.90 Å². The summed E-state index contributed by atoms with van der Waals surface area (Å²) in [7, 11) is 0. The van der Waals surface area contributed by atoms with E-state index in [0.29, 0.717) is 17.8 Å². The third kappa shape index (κ3) is 1.78. The Morgan fingerprint density at radius 2 is 1.94 bits per heavy atom. The number of amides is 2. The van der Waals surface area contributed by atoms with Gasteiger partial charge in [-0.3, -0.25) is 14.5 Å². The van der Waals surface area contributed by atoms with Crippen molar-refractivity contribution in [3.8, 4) is 0 Å². The monoisotopic (exact) mass is 266 g/mol. The van der Waals surface area contributed by atoms with E-state index in [2.05, 4.69) is 0 Å². The standard InChI is InChI=1S/C12H11FN2O2S/c1-3-14-10(16)11(17)15(12(14)18)9-6-8(13)5-4-7(9)2/h4-6H,3H2,1-2H3. The van der Waals surface area contributed by atoms with Crippen LogP contribution in [0.1, 0.15) is 12.5 Å². The number of hydrogen-bond donors (Lipinski definition) is 0. The number of carbonyl (C=O) groups is 2. The van der Waals surface area contributed by atoms with Gasteiger partial charge < -0.3 is 0 Å². The van der Waals surface area contributed by atoms with E-state index in [4.69, 9.17) is 12.2 Å². The fourth-order valence-corrected chi connectivity index (χ4v) is 2.21. The molecular formula is C12H11FN2O2S. The molecule has 1 aromatic carbocycles. The summed E-state index contributed by atoms with van der Waals surface area (Å²) in [4.78, 5) is 25.8. The lowest BCUT2D eigenvalue weighted by Gasteiger charge is -2.19. The van der Waals surface area contributed by atoms with Gasteiger partial charge in [0.05, 0.1) is 5.69 Å². The van der Waals surface area contributed by atoms with Gasteiger partial charge in [-0.1, -0.05) is 6.07 Å². The van der Waals surface area contributed by atoms with Gasteiger partial charge in [0.15, 0.2) is 5.11 Å². The quantitative estimate of drug-likeness (QED) is 0.603.